The van der Waals surface area contributed by atoms with Gasteiger partial charge in [0.2, 0.25) is 0 Å². The van der Waals surface area contributed by atoms with E-state index in [2.05, 4.69) is 50.1 Å². The number of hydrogen-bond donors (Lipinski definition) is 1. The van der Waals surface area contributed by atoms with Crippen LogP contribution in [-0.2, 0) is 0 Å². The van der Waals surface area contributed by atoms with Crippen LogP contribution in [0, 0.1) is 11.8 Å². The number of hydrogen-bond acceptors (Lipinski definition) is 3. The summed E-state index contributed by atoms with van der Waals surface area (Å²) in [5.74, 6) is 2.45. The number of pyridine rings is 1. The van der Waals surface area contributed by atoms with Crippen molar-refractivity contribution in [3.05, 3.63) is 24.0 Å². The number of rotatable bonds is 6. The molecule has 1 N–H and O–H groups in total. The lowest BCUT2D eigenvalue weighted by Crippen LogP contribution is -2.28. The summed E-state index contributed by atoms with van der Waals surface area (Å²) in [7, 11) is 0. The minimum Gasteiger partial charge on any atom is -0.489 e. The standard InChI is InChI=1S/C18H30N2O/c1-5-8-19-15(4)18-7-6-16(12-20-18)21-17-10-13(2)9-14(3)11-17/h6-7,12-15,17,19H,5,8-11H2,1-4H3. The van der Waals surface area contributed by atoms with Crippen molar-refractivity contribution in [3.63, 3.8) is 0 Å². The van der Waals surface area contributed by atoms with Crippen LogP contribution in [0.1, 0.15) is 65.1 Å². The fraction of sp³-hybridized carbons (Fsp3) is 0.722. The maximum Gasteiger partial charge on any atom is 0.138 e. The van der Waals surface area contributed by atoms with Crippen LogP contribution in [0.25, 0.3) is 0 Å². The minimum absolute atomic E-state index is 0.300. The van der Waals surface area contributed by atoms with Gasteiger partial charge in [-0.2, -0.15) is 0 Å². The predicted octanol–water partition coefficient (Wildman–Crippen LogP) is 4.35. The Hall–Kier alpha value is -1.09. The first-order chi connectivity index (χ1) is 10.1. The molecular weight excluding hydrogens is 260 g/mol. The van der Waals surface area contributed by atoms with E-state index in [1.165, 1.54) is 19.3 Å². The number of nitrogens with one attached hydrogen (secondary N) is 1. The van der Waals surface area contributed by atoms with Gasteiger partial charge in [0.15, 0.2) is 0 Å². The Labute approximate surface area is 129 Å². The summed E-state index contributed by atoms with van der Waals surface area (Å²) in [5, 5.41) is 3.46. The average molecular weight is 290 g/mol. The van der Waals surface area contributed by atoms with Crippen molar-refractivity contribution >= 4 is 0 Å². The van der Waals surface area contributed by atoms with Gasteiger partial charge in [-0.05, 0) is 63.1 Å². The fourth-order valence-corrected chi connectivity index (χ4v) is 3.34. The van der Waals surface area contributed by atoms with Crippen LogP contribution in [0.4, 0.5) is 0 Å². The highest BCUT2D eigenvalue weighted by atomic mass is 16.5. The third kappa shape index (κ3) is 4.99. The van der Waals surface area contributed by atoms with Gasteiger partial charge in [0.25, 0.3) is 0 Å². The molecule has 1 aliphatic carbocycles. The Morgan fingerprint density at radius 1 is 1.24 bits per heavy atom. The van der Waals surface area contributed by atoms with Crippen molar-refractivity contribution in [1.29, 1.82) is 0 Å². The van der Waals surface area contributed by atoms with E-state index in [4.69, 9.17) is 4.74 Å². The lowest BCUT2D eigenvalue weighted by Gasteiger charge is -2.31. The molecule has 118 valence electrons. The second-order valence-electron chi connectivity index (χ2n) is 6.75. The maximum absolute atomic E-state index is 6.13. The zero-order chi connectivity index (χ0) is 15.2. The Morgan fingerprint density at radius 3 is 2.52 bits per heavy atom. The summed E-state index contributed by atoms with van der Waals surface area (Å²) in [5.41, 5.74) is 1.08. The molecule has 2 rings (SSSR count). The van der Waals surface area contributed by atoms with E-state index in [1.54, 1.807) is 0 Å². The molecule has 1 saturated carbocycles. The third-order valence-corrected chi connectivity index (χ3v) is 4.34. The first-order valence-corrected chi connectivity index (χ1v) is 8.44. The molecule has 1 aromatic rings. The smallest absolute Gasteiger partial charge is 0.138 e. The number of nitrogens with zero attached hydrogens (tertiary/aromatic N) is 1. The van der Waals surface area contributed by atoms with Crippen molar-refractivity contribution in [2.75, 3.05) is 6.54 Å². The molecule has 21 heavy (non-hydrogen) atoms. The first kappa shape index (κ1) is 16.3. The van der Waals surface area contributed by atoms with Gasteiger partial charge in [0.1, 0.15) is 5.75 Å². The monoisotopic (exact) mass is 290 g/mol. The Bertz CT molecular complexity index is 408. The summed E-state index contributed by atoms with van der Waals surface area (Å²) < 4.78 is 6.13. The second-order valence-corrected chi connectivity index (χ2v) is 6.75. The van der Waals surface area contributed by atoms with Crippen LogP contribution < -0.4 is 10.1 Å². The van der Waals surface area contributed by atoms with Gasteiger partial charge < -0.3 is 10.1 Å². The predicted molar refractivity (Wildman–Crippen MR) is 87.5 cm³/mol. The number of ether oxygens (including phenoxy) is 1. The van der Waals surface area contributed by atoms with Crippen LogP contribution >= 0.6 is 0 Å². The molecule has 0 saturated heterocycles. The van der Waals surface area contributed by atoms with Crippen molar-refractivity contribution in [3.8, 4) is 5.75 Å². The summed E-state index contributed by atoms with van der Waals surface area (Å²) in [4.78, 5) is 4.55. The average Bonchev–Trinajstić information content (AvgIpc) is 2.44. The molecule has 0 amide bonds. The summed E-state index contributed by atoms with van der Waals surface area (Å²) in [6.45, 7) is 10.0. The molecule has 1 fully saturated rings. The van der Waals surface area contributed by atoms with E-state index in [-0.39, 0.29) is 0 Å². The molecule has 0 aromatic carbocycles. The summed E-state index contributed by atoms with van der Waals surface area (Å²) in [6.07, 6.45) is 7.04. The van der Waals surface area contributed by atoms with Crippen LogP contribution in [0.15, 0.2) is 18.3 Å². The van der Waals surface area contributed by atoms with Crippen LogP contribution in [0.2, 0.25) is 0 Å². The van der Waals surface area contributed by atoms with E-state index < -0.39 is 0 Å². The fourth-order valence-electron chi connectivity index (χ4n) is 3.34. The SMILES string of the molecule is CCCNC(C)c1ccc(OC2CC(C)CC(C)C2)cn1. The van der Waals surface area contributed by atoms with Crippen LogP contribution in [0.3, 0.4) is 0 Å². The molecule has 0 spiro atoms. The molecule has 3 heteroatoms. The molecule has 0 bridgehead atoms. The molecule has 1 heterocycles. The third-order valence-electron chi connectivity index (χ3n) is 4.34. The van der Waals surface area contributed by atoms with Gasteiger partial charge in [0.05, 0.1) is 18.0 Å². The van der Waals surface area contributed by atoms with E-state index >= 15 is 0 Å². The molecule has 3 unspecified atom stereocenters. The van der Waals surface area contributed by atoms with Gasteiger partial charge in [0, 0.05) is 6.04 Å². The van der Waals surface area contributed by atoms with E-state index in [0.29, 0.717) is 12.1 Å². The zero-order valence-electron chi connectivity index (χ0n) is 13.9. The zero-order valence-corrected chi connectivity index (χ0v) is 13.9. The normalized spacial score (nSPS) is 27.3. The number of aromatic nitrogens is 1. The van der Waals surface area contributed by atoms with Crippen molar-refractivity contribution in [2.45, 2.75) is 65.5 Å². The van der Waals surface area contributed by atoms with Crippen LogP contribution in [-0.4, -0.2) is 17.6 Å². The van der Waals surface area contributed by atoms with Crippen molar-refractivity contribution < 1.29 is 4.74 Å². The highest BCUT2D eigenvalue weighted by Crippen LogP contribution is 2.31. The highest BCUT2D eigenvalue weighted by Gasteiger charge is 2.25. The largest absolute Gasteiger partial charge is 0.489 e. The van der Waals surface area contributed by atoms with E-state index in [1.807, 2.05) is 6.20 Å². The molecule has 3 atom stereocenters. The van der Waals surface area contributed by atoms with Crippen LogP contribution in [0.5, 0.6) is 5.75 Å². The summed E-state index contributed by atoms with van der Waals surface area (Å²) >= 11 is 0. The molecule has 0 aliphatic heterocycles. The molecule has 0 radical (unpaired) electrons. The highest BCUT2D eigenvalue weighted by molar-refractivity contribution is 5.21. The van der Waals surface area contributed by atoms with Gasteiger partial charge in [-0.15, -0.1) is 0 Å². The Balaban J connectivity index is 1.90. The maximum atomic E-state index is 6.13. The van der Waals surface area contributed by atoms with Gasteiger partial charge >= 0.3 is 0 Å². The molecule has 1 aliphatic rings. The van der Waals surface area contributed by atoms with Gasteiger partial charge in [-0.3, -0.25) is 4.98 Å². The van der Waals surface area contributed by atoms with Crippen molar-refractivity contribution in [2.24, 2.45) is 11.8 Å². The minimum atomic E-state index is 0.300. The second kappa shape index (κ2) is 7.79. The first-order valence-electron chi connectivity index (χ1n) is 8.44. The van der Waals surface area contributed by atoms with Gasteiger partial charge in [-0.1, -0.05) is 20.8 Å². The van der Waals surface area contributed by atoms with Crippen molar-refractivity contribution in [1.82, 2.24) is 10.3 Å². The molecule has 3 nitrogen and oxygen atoms in total. The lowest BCUT2D eigenvalue weighted by atomic mass is 9.82. The molecular formula is C18H30N2O. The van der Waals surface area contributed by atoms with E-state index in [0.717, 1.165) is 36.2 Å². The Morgan fingerprint density at radius 2 is 1.95 bits per heavy atom. The van der Waals surface area contributed by atoms with Gasteiger partial charge in [-0.25, -0.2) is 0 Å². The Kier molecular flexibility index (Phi) is 6.04. The topological polar surface area (TPSA) is 34.1 Å². The lowest BCUT2D eigenvalue weighted by molar-refractivity contribution is 0.101. The summed E-state index contributed by atoms with van der Waals surface area (Å²) in [6, 6.07) is 4.45. The molecule has 1 aromatic heterocycles. The quantitative estimate of drug-likeness (QED) is 0.846. The van der Waals surface area contributed by atoms with E-state index in [9.17, 15) is 0 Å².